The van der Waals surface area contributed by atoms with E-state index in [4.69, 9.17) is 55.9 Å². The van der Waals surface area contributed by atoms with Gasteiger partial charge in [0.15, 0.2) is 0 Å². The Morgan fingerprint density at radius 2 is 0.935 bits per heavy atom. The lowest BCUT2D eigenvalue weighted by atomic mass is 10.1. The largest absolute Gasteiger partial charge is 0.492 e. The Hall–Kier alpha value is -3.42. The Morgan fingerprint density at radius 1 is 0.543 bits per heavy atom. The van der Waals surface area contributed by atoms with Gasteiger partial charge in [-0.25, -0.2) is 0 Å². The highest BCUT2D eigenvalue weighted by Gasteiger charge is 2.19. The van der Waals surface area contributed by atoms with Gasteiger partial charge >= 0.3 is 0 Å². The molecule has 0 saturated carbocycles. The molecule has 0 radical (unpaired) electrons. The van der Waals surface area contributed by atoms with Crippen LogP contribution in [0.3, 0.4) is 0 Å². The van der Waals surface area contributed by atoms with Crippen LogP contribution in [0.15, 0.2) is 97.1 Å². The number of rotatable bonds is 17. The van der Waals surface area contributed by atoms with Gasteiger partial charge in [-0.2, -0.15) is 0 Å². The number of hydrogen-bond donors (Lipinski definition) is 0. The van der Waals surface area contributed by atoms with E-state index in [0.717, 1.165) is 11.1 Å². The molecule has 0 aromatic heterocycles. The number of amides is 2. The van der Waals surface area contributed by atoms with Crippen LogP contribution >= 0.6 is 46.4 Å². The molecule has 4 aromatic carbocycles. The molecule has 0 N–H and O–H groups in total. The standard InChI is InChI=1S/C36H36Cl4N2O4/c37-29-15-17-33(31(39)23-29)45-21-7-13-35(43)41(25-27-9-3-1-4-10-27)19-20-42(26-28-11-5-2-6-12-28)36(44)14-8-22-46-34-18-16-30(38)24-32(34)40/h1-6,9-12,15-18,23-24H,7-8,13-14,19-22,25-26H2. The third-order valence-electron chi connectivity index (χ3n) is 7.15. The van der Waals surface area contributed by atoms with Crippen molar-refractivity contribution >= 4 is 58.2 Å². The SMILES string of the molecule is O=C(CCCOc1ccc(Cl)cc1Cl)N(CCN(Cc1ccccc1)C(=O)CCCOc1ccc(Cl)cc1Cl)Cc1ccccc1. The molecule has 0 aliphatic rings. The topological polar surface area (TPSA) is 59.1 Å². The minimum absolute atomic E-state index is 0.0185. The third kappa shape index (κ3) is 11.7. The van der Waals surface area contributed by atoms with Crippen LogP contribution in [0.2, 0.25) is 20.1 Å². The minimum atomic E-state index is -0.0185. The zero-order chi connectivity index (χ0) is 32.7. The maximum atomic E-state index is 13.5. The molecular weight excluding hydrogens is 666 g/mol. The van der Waals surface area contributed by atoms with Crippen molar-refractivity contribution in [3.8, 4) is 11.5 Å². The van der Waals surface area contributed by atoms with E-state index in [9.17, 15) is 9.59 Å². The van der Waals surface area contributed by atoms with Crippen LogP contribution in [0.4, 0.5) is 0 Å². The number of carbonyl (C=O) groups excluding carboxylic acids is 2. The zero-order valence-electron chi connectivity index (χ0n) is 25.3. The molecule has 4 rings (SSSR count). The molecule has 4 aromatic rings. The van der Waals surface area contributed by atoms with Gasteiger partial charge in [-0.1, -0.05) is 107 Å². The van der Waals surface area contributed by atoms with E-state index in [2.05, 4.69) is 0 Å². The van der Waals surface area contributed by atoms with Crippen molar-refractivity contribution in [2.24, 2.45) is 0 Å². The average molecular weight is 703 g/mol. The summed E-state index contributed by atoms with van der Waals surface area (Å²) in [5.41, 5.74) is 2.03. The number of carbonyl (C=O) groups is 2. The van der Waals surface area contributed by atoms with E-state index in [-0.39, 0.29) is 24.7 Å². The molecular formula is C36H36Cl4N2O4. The van der Waals surface area contributed by atoms with Crippen molar-refractivity contribution in [2.45, 2.75) is 38.8 Å². The van der Waals surface area contributed by atoms with Gasteiger partial charge in [0.2, 0.25) is 11.8 Å². The Morgan fingerprint density at radius 3 is 1.30 bits per heavy atom. The zero-order valence-corrected chi connectivity index (χ0v) is 28.4. The molecule has 0 unspecified atom stereocenters. The Bertz CT molecular complexity index is 1440. The fourth-order valence-corrected chi connectivity index (χ4v) is 5.67. The monoisotopic (exact) mass is 700 g/mol. The van der Waals surface area contributed by atoms with E-state index in [1.807, 2.05) is 70.5 Å². The van der Waals surface area contributed by atoms with Gasteiger partial charge in [-0.3, -0.25) is 9.59 Å². The molecule has 2 amide bonds. The lowest BCUT2D eigenvalue weighted by molar-refractivity contribution is -0.136. The summed E-state index contributed by atoms with van der Waals surface area (Å²) in [7, 11) is 0. The van der Waals surface area contributed by atoms with Crippen molar-refractivity contribution in [3.63, 3.8) is 0 Å². The number of nitrogens with zero attached hydrogens (tertiary/aromatic N) is 2. The van der Waals surface area contributed by atoms with Gasteiger partial charge in [0, 0.05) is 49.1 Å². The van der Waals surface area contributed by atoms with Crippen molar-refractivity contribution in [1.82, 2.24) is 9.80 Å². The predicted molar refractivity (Wildman–Crippen MR) is 186 cm³/mol. The van der Waals surface area contributed by atoms with Crippen LogP contribution in [0, 0.1) is 0 Å². The summed E-state index contributed by atoms with van der Waals surface area (Å²) in [6.07, 6.45) is 1.59. The molecule has 0 aliphatic heterocycles. The highest BCUT2D eigenvalue weighted by molar-refractivity contribution is 6.36. The van der Waals surface area contributed by atoms with E-state index in [0.29, 0.717) is 83.8 Å². The summed E-state index contributed by atoms with van der Waals surface area (Å²) in [6.45, 7) is 2.29. The summed E-state index contributed by atoms with van der Waals surface area (Å²) in [6, 6.07) is 29.7. The van der Waals surface area contributed by atoms with E-state index >= 15 is 0 Å². The van der Waals surface area contributed by atoms with Gasteiger partial charge in [-0.15, -0.1) is 0 Å². The van der Waals surface area contributed by atoms with Crippen molar-refractivity contribution in [3.05, 3.63) is 128 Å². The molecule has 0 fully saturated rings. The van der Waals surface area contributed by atoms with Crippen molar-refractivity contribution in [2.75, 3.05) is 26.3 Å². The van der Waals surface area contributed by atoms with Gasteiger partial charge < -0.3 is 19.3 Å². The van der Waals surface area contributed by atoms with Crippen LogP contribution in [0.25, 0.3) is 0 Å². The van der Waals surface area contributed by atoms with Crippen LogP contribution in [-0.2, 0) is 22.7 Å². The number of ether oxygens (including phenoxy) is 2. The summed E-state index contributed by atoms with van der Waals surface area (Å²) in [5.74, 6) is 1.01. The predicted octanol–water partition coefficient (Wildman–Crippen LogP) is 9.38. The fourth-order valence-electron chi connectivity index (χ4n) is 4.74. The average Bonchev–Trinajstić information content (AvgIpc) is 3.05. The smallest absolute Gasteiger partial charge is 0.223 e. The van der Waals surface area contributed by atoms with Gasteiger partial charge in [0.25, 0.3) is 0 Å². The molecule has 0 atom stereocenters. The highest BCUT2D eigenvalue weighted by Crippen LogP contribution is 2.28. The molecule has 0 aliphatic carbocycles. The first kappa shape index (κ1) is 35.4. The summed E-state index contributed by atoms with van der Waals surface area (Å²) in [4.78, 5) is 30.6. The molecule has 0 saturated heterocycles. The first-order chi connectivity index (χ1) is 22.3. The van der Waals surface area contributed by atoms with E-state index in [1.165, 1.54) is 0 Å². The normalized spacial score (nSPS) is 10.8. The third-order valence-corrected chi connectivity index (χ3v) is 8.21. The molecule has 10 heteroatoms. The molecule has 242 valence electrons. The van der Waals surface area contributed by atoms with E-state index in [1.54, 1.807) is 36.4 Å². The Labute approximate surface area is 290 Å². The van der Waals surface area contributed by atoms with Crippen LogP contribution in [0.1, 0.15) is 36.8 Å². The number of hydrogen-bond acceptors (Lipinski definition) is 4. The fraction of sp³-hybridized carbons (Fsp3) is 0.278. The second-order valence-electron chi connectivity index (χ2n) is 10.7. The van der Waals surface area contributed by atoms with Gasteiger partial charge in [-0.05, 0) is 60.4 Å². The Balaban J connectivity index is 1.36. The molecule has 6 nitrogen and oxygen atoms in total. The number of benzene rings is 4. The minimum Gasteiger partial charge on any atom is -0.492 e. The highest BCUT2D eigenvalue weighted by atomic mass is 35.5. The molecule has 0 heterocycles. The van der Waals surface area contributed by atoms with Crippen LogP contribution < -0.4 is 9.47 Å². The maximum Gasteiger partial charge on any atom is 0.223 e. The molecule has 0 spiro atoms. The second-order valence-corrected chi connectivity index (χ2v) is 12.3. The first-order valence-electron chi connectivity index (χ1n) is 15.1. The summed E-state index contributed by atoms with van der Waals surface area (Å²) >= 11 is 24.4. The summed E-state index contributed by atoms with van der Waals surface area (Å²) in [5, 5.41) is 1.90. The quantitative estimate of drug-likeness (QED) is 0.103. The maximum absolute atomic E-state index is 13.5. The lowest BCUT2D eigenvalue weighted by Crippen LogP contribution is -2.40. The first-order valence-corrected chi connectivity index (χ1v) is 16.6. The van der Waals surface area contributed by atoms with Crippen molar-refractivity contribution in [1.29, 1.82) is 0 Å². The van der Waals surface area contributed by atoms with Crippen LogP contribution in [0.5, 0.6) is 11.5 Å². The second kappa shape index (κ2) is 18.7. The lowest BCUT2D eigenvalue weighted by Gasteiger charge is -2.29. The van der Waals surface area contributed by atoms with Crippen molar-refractivity contribution < 1.29 is 19.1 Å². The van der Waals surface area contributed by atoms with Gasteiger partial charge in [0.05, 0.1) is 23.3 Å². The van der Waals surface area contributed by atoms with E-state index < -0.39 is 0 Å². The number of halogens is 4. The summed E-state index contributed by atoms with van der Waals surface area (Å²) < 4.78 is 11.6. The van der Waals surface area contributed by atoms with Gasteiger partial charge in [0.1, 0.15) is 11.5 Å². The Kier molecular flexibility index (Phi) is 14.4. The van der Waals surface area contributed by atoms with Crippen LogP contribution in [-0.4, -0.2) is 47.9 Å². The molecule has 0 bridgehead atoms. The molecule has 46 heavy (non-hydrogen) atoms.